The largest absolute Gasteiger partial charge is 0.488 e. The Kier molecular flexibility index (Phi) is 7.53. The van der Waals surface area contributed by atoms with Gasteiger partial charge in [0.05, 0.1) is 17.1 Å². The molecule has 0 saturated heterocycles. The van der Waals surface area contributed by atoms with Crippen LogP contribution in [0, 0.1) is 0 Å². The van der Waals surface area contributed by atoms with Crippen LogP contribution in [0.15, 0.2) is 97.7 Å². The maximum absolute atomic E-state index is 13.6. The number of benzene rings is 4. The maximum Gasteiger partial charge on any atom is 0.282 e. The summed E-state index contributed by atoms with van der Waals surface area (Å²) in [5.74, 6) is 1.38. The highest BCUT2D eigenvalue weighted by molar-refractivity contribution is 9.10. The third kappa shape index (κ3) is 5.38. The van der Waals surface area contributed by atoms with Crippen molar-refractivity contribution in [3.63, 3.8) is 0 Å². The van der Waals surface area contributed by atoms with Crippen LogP contribution in [-0.2, 0) is 6.61 Å². The zero-order valence-corrected chi connectivity index (χ0v) is 23.7. The van der Waals surface area contributed by atoms with E-state index < -0.39 is 0 Å². The van der Waals surface area contributed by atoms with Crippen LogP contribution in [-0.4, -0.2) is 15.9 Å². The summed E-state index contributed by atoms with van der Waals surface area (Å²) in [6.45, 7) is 4.55. The molecule has 0 aliphatic carbocycles. The molecule has 0 saturated carbocycles. The van der Waals surface area contributed by atoms with Gasteiger partial charge in [-0.3, -0.25) is 4.79 Å². The first kappa shape index (κ1) is 25.4. The van der Waals surface area contributed by atoms with Crippen molar-refractivity contribution in [2.45, 2.75) is 32.8 Å². The van der Waals surface area contributed by atoms with Gasteiger partial charge in [-0.1, -0.05) is 88.2 Å². The minimum absolute atomic E-state index is 0.0542. The lowest BCUT2D eigenvalue weighted by atomic mass is 10.0. The van der Waals surface area contributed by atoms with Crippen molar-refractivity contribution in [3.8, 4) is 5.75 Å². The Labute approximate surface area is 232 Å². The van der Waals surface area contributed by atoms with Crippen LogP contribution < -0.4 is 10.3 Å². The molecule has 0 fully saturated rings. The minimum Gasteiger partial charge on any atom is -0.488 e. The molecule has 186 valence electrons. The number of hydrogen-bond acceptors (Lipinski definition) is 4. The van der Waals surface area contributed by atoms with Gasteiger partial charge in [-0.2, -0.15) is 9.78 Å². The number of fused-ring (bicyclic) bond motifs is 2. The Bertz CT molecular complexity index is 1680. The number of rotatable bonds is 7. The molecule has 1 aromatic heterocycles. The quantitative estimate of drug-likeness (QED) is 0.173. The van der Waals surface area contributed by atoms with Crippen LogP contribution in [0.2, 0.25) is 0 Å². The first-order chi connectivity index (χ1) is 17.9. The molecule has 0 unspecified atom stereocenters. The van der Waals surface area contributed by atoms with E-state index in [1.807, 2.05) is 66.7 Å². The van der Waals surface area contributed by atoms with Gasteiger partial charge in [-0.15, -0.1) is 0 Å². The molecule has 0 N–H and O–H groups in total. The maximum atomic E-state index is 13.6. The lowest BCUT2D eigenvalue weighted by Gasteiger charge is -2.15. The molecule has 1 heterocycles. The predicted molar refractivity (Wildman–Crippen MR) is 158 cm³/mol. The summed E-state index contributed by atoms with van der Waals surface area (Å²) >= 11 is 6.95. The van der Waals surface area contributed by atoms with Crippen LogP contribution >= 0.6 is 31.9 Å². The van der Waals surface area contributed by atoms with E-state index in [1.165, 1.54) is 4.68 Å². The summed E-state index contributed by atoms with van der Waals surface area (Å²) in [5.41, 5.74) is 2.33. The molecule has 37 heavy (non-hydrogen) atoms. The average Bonchev–Trinajstić information content (AvgIpc) is 2.92. The summed E-state index contributed by atoms with van der Waals surface area (Å²) in [5, 5.41) is 7.29. The Morgan fingerprint density at radius 3 is 2.51 bits per heavy atom. The Hall–Kier alpha value is -3.29. The normalized spacial score (nSPS) is 12.4. The summed E-state index contributed by atoms with van der Waals surface area (Å²) in [6, 6.07) is 25.7. The van der Waals surface area contributed by atoms with E-state index in [9.17, 15) is 4.79 Å². The van der Waals surface area contributed by atoms with Crippen molar-refractivity contribution in [2.75, 3.05) is 0 Å². The first-order valence-corrected chi connectivity index (χ1v) is 13.7. The molecule has 5 nitrogen and oxygen atoms in total. The molecule has 7 heteroatoms. The van der Waals surface area contributed by atoms with Crippen LogP contribution in [0.3, 0.4) is 0 Å². The second kappa shape index (κ2) is 11.0. The SMILES string of the molecule is CC[C@H](C)c1nc2ccc(Br)cc2c(=O)n1N=Cc1c(OCc2ccc(Br)cc2)ccc2ccccc12. The molecule has 0 aliphatic heterocycles. The van der Waals surface area contributed by atoms with Gasteiger partial charge in [-0.05, 0) is 59.2 Å². The van der Waals surface area contributed by atoms with E-state index in [1.54, 1.807) is 12.3 Å². The molecule has 0 bridgehead atoms. The molecular formula is C30H25Br2N3O2. The van der Waals surface area contributed by atoms with Gasteiger partial charge in [0, 0.05) is 20.4 Å². The van der Waals surface area contributed by atoms with Crippen LogP contribution in [0.4, 0.5) is 0 Å². The Morgan fingerprint density at radius 1 is 0.973 bits per heavy atom. The topological polar surface area (TPSA) is 56.5 Å². The number of aromatic nitrogens is 2. The fourth-order valence-corrected chi connectivity index (χ4v) is 4.80. The van der Waals surface area contributed by atoms with E-state index in [0.29, 0.717) is 29.1 Å². The molecule has 5 aromatic rings. The highest BCUT2D eigenvalue weighted by atomic mass is 79.9. The van der Waals surface area contributed by atoms with Crippen molar-refractivity contribution in [1.29, 1.82) is 0 Å². The van der Waals surface area contributed by atoms with Gasteiger partial charge in [0.15, 0.2) is 0 Å². The van der Waals surface area contributed by atoms with Crippen molar-refractivity contribution >= 4 is 59.7 Å². The predicted octanol–water partition coefficient (Wildman–Crippen LogP) is 8.05. The fraction of sp³-hybridized carbons (Fsp3) is 0.167. The molecule has 4 aromatic carbocycles. The van der Waals surface area contributed by atoms with Gasteiger partial charge < -0.3 is 4.74 Å². The third-order valence-corrected chi connectivity index (χ3v) is 7.45. The zero-order chi connectivity index (χ0) is 25.9. The molecule has 0 aliphatic rings. The van der Waals surface area contributed by atoms with Crippen LogP contribution in [0.1, 0.15) is 43.1 Å². The van der Waals surface area contributed by atoms with Crippen molar-refractivity contribution in [1.82, 2.24) is 9.66 Å². The van der Waals surface area contributed by atoms with Crippen molar-refractivity contribution < 1.29 is 4.74 Å². The molecule has 0 radical (unpaired) electrons. The van der Waals surface area contributed by atoms with Crippen molar-refractivity contribution in [2.24, 2.45) is 5.10 Å². The van der Waals surface area contributed by atoms with E-state index in [0.717, 1.165) is 37.3 Å². The second-order valence-corrected chi connectivity index (χ2v) is 10.7. The average molecular weight is 619 g/mol. The number of hydrogen-bond donors (Lipinski definition) is 0. The summed E-state index contributed by atoms with van der Waals surface area (Å²) in [4.78, 5) is 18.4. The zero-order valence-electron chi connectivity index (χ0n) is 20.5. The van der Waals surface area contributed by atoms with Gasteiger partial charge in [-0.25, -0.2) is 4.98 Å². The smallest absolute Gasteiger partial charge is 0.282 e. The summed E-state index contributed by atoms with van der Waals surface area (Å²) < 4.78 is 9.54. The van der Waals surface area contributed by atoms with Gasteiger partial charge in [0.1, 0.15) is 18.2 Å². The molecule has 0 amide bonds. The third-order valence-electron chi connectivity index (χ3n) is 6.43. The summed E-state index contributed by atoms with van der Waals surface area (Å²) in [6.07, 6.45) is 2.55. The second-order valence-electron chi connectivity index (χ2n) is 8.92. The van der Waals surface area contributed by atoms with E-state index in [2.05, 4.69) is 51.8 Å². The fourth-order valence-electron chi connectivity index (χ4n) is 4.17. The lowest BCUT2D eigenvalue weighted by Crippen LogP contribution is -2.23. The van der Waals surface area contributed by atoms with Crippen LogP contribution in [0.25, 0.3) is 21.7 Å². The van der Waals surface area contributed by atoms with Crippen LogP contribution in [0.5, 0.6) is 5.75 Å². The Balaban J connectivity index is 1.63. The van der Waals surface area contributed by atoms with Gasteiger partial charge in [0.2, 0.25) is 0 Å². The van der Waals surface area contributed by atoms with E-state index >= 15 is 0 Å². The molecule has 5 rings (SSSR count). The standard InChI is InChI=1S/C30H25Br2N3O2/c1-3-19(2)29-34-27-14-13-23(32)16-25(27)30(36)35(29)33-17-26-24-7-5-4-6-21(24)10-15-28(26)37-18-20-8-11-22(31)12-9-20/h4-17,19H,3,18H2,1-2H3/t19-/m0/s1. The Morgan fingerprint density at radius 2 is 1.73 bits per heavy atom. The highest BCUT2D eigenvalue weighted by Gasteiger charge is 2.16. The van der Waals surface area contributed by atoms with Gasteiger partial charge >= 0.3 is 0 Å². The monoisotopic (exact) mass is 617 g/mol. The highest BCUT2D eigenvalue weighted by Crippen LogP contribution is 2.28. The number of nitrogens with zero attached hydrogens (tertiary/aromatic N) is 3. The number of halogens is 2. The first-order valence-electron chi connectivity index (χ1n) is 12.1. The lowest BCUT2D eigenvalue weighted by molar-refractivity contribution is 0.306. The van der Waals surface area contributed by atoms with E-state index in [4.69, 9.17) is 14.8 Å². The number of ether oxygens (including phenoxy) is 1. The molecule has 1 atom stereocenters. The molecule has 0 spiro atoms. The van der Waals surface area contributed by atoms with Crippen molar-refractivity contribution in [3.05, 3.63) is 115 Å². The minimum atomic E-state index is -0.199. The summed E-state index contributed by atoms with van der Waals surface area (Å²) in [7, 11) is 0. The van der Waals surface area contributed by atoms with E-state index in [-0.39, 0.29) is 11.5 Å². The van der Waals surface area contributed by atoms with Gasteiger partial charge in [0.25, 0.3) is 5.56 Å². The molecular weight excluding hydrogens is 594 g/mol.